The lowest BCUT2D eigenvalue weighted by atomic mass is 10.1. The molecule has 0 spiro atoms. The summed E-state index contributed by atoms with van der Waals surface area (Å²) in [4.78, 5) is 11.7. The summed E-state index contributed by atoms with van der Waals surface area (Å²) >= 11 is 0. The van der Waals surface area contributed by atoms with Crippen LogP contribution in [0.25, 0.3) is 0 Å². The van der Waals surface area contributed by atoms with Crippen LogP contribution in [0.15, 0.2) is 24.3 Å². The largest absolute Gasteiger partial charge is 0.394 e. The first-order valence-electron chi connectivity index (χ1n) is 5.17. The van der Waals surface area contributed by atoms with Crippen molar-refractivity contribution in [2.45, 2.75) is 19.6 Å². The molecule has 0 bridgehead atoms. The van der Waals surface area contributed by atoms with Crippen molar-refractivity contribution in [3.8, 4) is 0 Å². The van der Waals surface area contributed by atoms with Crippen LogP contribution in [0.1, 0.15) is 22.8 Å². The standard InChI is InChI=1S/C12H17NO3/c1-9(7-14)13-12(15)11-5-3-4-10(6-11)8-16-2/h3-6,9,14H,7-8H2,1-2H3,(H,13,15)/t9-/m1/s1. The molecular weight excluding hydrogens is 206 g/mol. The van der Waals surface area contributed by atoms with Crippen molar-refractivity contribution in [3.63, 3.8) is 0 Å². The first-order chi connectivity index (χ1) is 7.67. The molecule has 0 fully saturated rings. The lowest BCUT2D eigenvalue weighted by Gasteiger charge is -2.11. The third-order valence-electron chi connectivity index (χ3n) is 2.15. The smallest absolute Gasteiger partial charge is 0.251 e. The summed E-state index contributed by atoms with van der Waals surface area (Å²) in [6.07, 6.45) is 0. The summed E-state index contributed by atoms with van der Waals surface area (Å²) in [5.74, 6) is -0.181. The molecule has 1 rings (SSSR count). The highest BCUT2D eigenvalue weighted by Gasteiger charge is 2.08. The molecule has 1 aromatic rings. The molecule has 0 heterocycles. The fourth-order valence-electron chi connectivity index (χ4n) is 1.32. The van der Waals surface area contributed by atoms with Crippen molar-refractivity contribution in [1.82, 2.24) is 5.32 Å². The number of amides is 1. The Hall–Kier alpha value is -1.39. The number of nitrogens with one attached hydrogen (secondary N) is 1. The minimum Gasteiger partial charge on any atom is -0.394 e. The van der Waals surface area contributed by atoms with Crippen LogP contribution in [0.3, 0.4) is 0 Å². The number of ether oxygens (including phenoxy) is 1. The quantitative estimate of drug-likeness (QED) is 0.781. The Morgan fingerprint density at radius 1 is 1.56 bits per heavy atom. The van der Waals surface area contributed by atoms with E-state index in [0.29, 0.717) is 12.2 Å². The van der Waals surface area contributed by atoms with Crippen LogP contribution in [-0.4, -0.2) is 30.8 Å². The van der Waals surface area contributed by atoms with Crippen molar-refractivity contribution in [2.75, 3.05) is 13.7 Å². The molecule has 2 N–H and O–H groups in total. The fraction of sp³-hybridized carbons (Fsp3) is 0.417. The monoisotopic (exact) mass is 223 g/mol. The van der Waals surface area contributed by atoms with Gasteiger partial charge in [0.15, 0.2) is 0 Å². The molecule has 1 amide bonds. The maximum absolute atomic E-state index is 11.7. The van der Waals surface area contributed by atoms with Crippen LogP contribution in [0, 0.1) is 0 Å². The lowest BCUT2D eigenvalue weighted by Crippen LogP contribution is -2.35. The number of carbonyl (C=O) groups is 1. The summed E-state index contributed by atoms with van der Waals surface area (Å²) in [5, 5.41) is 11.5. The van der Waals surface area contributed by atoms with Crippen molar-refractivity contribution in [2.24, 2.45) is 0 Å². The Kier molecular flexibility index (Phi) is 4.95. The number of aliphatic hydroxyl groups excluding tert-OH is 1. The van der Waals surface area contributed by atoms with E-state index in [4.69, 9.17) is 9.84 Å². The first kappa shape index (κ1) is 12.7. The van der Waals surface area contributed by atoms with E-state index in [0.717, 1.165) is 5.56 Å². The van der Waals surface area contributed by atoms with Gasteiger partial charge < -0.3 is 15.2 Å². The van der Waals surface area contributed by atoms with E-state index < -0.39 is 0 Å². The van der Waals surface area contributed by atoms with E-state index in [9.17, 15) is 4.79 Å². The zero-order valence-corrected chi connectivity index (χ0v) is 9.56. The number of methoxy groups -OCH3 is 1. The van der Waals surface area contributed by atoms with Crippen LogP contribution in [0.5, 0.6) is 0 Å². The van der Waals surface area contributed by atoms with Crippen LogP contribution < -0.4 is 5.32 Å². The topological polar surface area (TPSA) is 58.6 Å². The molecule has 0 unspecified atom stereocenters. The van der Waals surface area contributed by atoms with Gasteiger partial charge in [0.05, 0.1) is 13.2 Å². The normalized spacial score (nSPS) is 12.2. The zero-order valence-electron chi connectivity index (χ0n) is 9.56. The fourth-order valence-corrected chi connectivity index (χ4v) is 1.32. The maximum atomic E-state index is 11.7. The van der Waals surface area contributed by atoms with Gasteiger partial charge in [-0.3, -0.25) is 4.79 Å². The van der Waals surface area contributed by atoms with Crippen LogP contribution in [0.4, 0.5) is 0 Å². The second-order valence-corrected chi connectivity index (χ2v) is 3.69. The summed E-state index contributed by atoms with van der Waals surface area (Å²) in [7, 11) is 1.61. The Morgan fingerprint density at radius 2 is 2.31 bits per heavy atom. The van der Waals surface area contributed by atoms with Gasteiger partial charge in [0.25, 0.3) is 5.91 Å². The van der Waals surface area contributed by atoms with Crippen molar-refractivity contribution >= 4 is 5.91 Å². The third kappa shape index (κ3) is 3.64. The third-order valence-corrected chi connectivity index (χ3v) is 2.15. The van der Waals surface area contributed by atoms with Gasteiger partial charge in [-0.25, -0.2) is 0 Å². The molecule has 0 aromatic heterocycles. The van der Waals surface area contributed by atoms with Crippen molar-refractivity contribution in [3.05, 3.63) is 35.4 Å². The van der Waals surface area contributed by atoms with E-state index in [1.165, 1.54) is 0 Å². The maximum Gasteiger partial charge on any atom is 0.251 e. The predicted octanol–water partition coefficient (Wildman–Crippen LogP) is 0.944. The van der Waals surface area contributed by atoms with Gasteiger partial charge in [0.2, 0.25) is 0 Å². The number of hydrogen-bond donors (Lipinski definition) is 2. The summed E-state index contributed by atoms with van der Waals surface area (Å²) in [6, 6.07) is 6.99. The second kappa shape index (κ2) is 6.25. The molecule has 0 aliphatic rings. The molecule has 0 saturated heterocycles. The van der Waals surface area contributed by atoms with Gasteiger partial charge in [-0.05, 0) is 24.6 Å². The molecule has 1 atom stereocenters. The van der Waals surface area contributed by atoms with Gasteiger partial charge in [-0.15, -0.1) is 0 Å². The van der Waals surface area contributed by atoms with Crippen LogP contribution in [-0.2, 0) is 11.3 Å². The van der Waals surface area contributed by atoms with Gasteiger partial charge in [-0.1, -0.05) is 12.1 Å². The van der Waals surface area contributed by atoms with Gasteiger partial charge in [0.1, 0.15) is 0 Å². The van der Waals surface area contributed by atoms with Gasteiger partial charge in [-0.2, -0.15) is 0 Å². The second-order valence-electron chi connectivity index (χ2n) is 3.69. The minimum atomic E-state index is -0.237. The summed E-state index contributed by atoms with van der Waals surface area (Å²) < 4.78 is 4.99. The van der Waals surface area contributed by atoms with E-state index in [2.05, 4.69) is 5.32 Å². The number of benzene rings is 1. The highest BCUT2D eigenvalue weighted by atomic mass is 16.5. The number of hydrogen-bond acceptors (Lipinski definition) is 3. The Bertz CT molecular complexity index is 352. The first-order valence-corrected chi connectivity index (χ1v) is 5.17. The van der Waals surface area contributed by atoms with E-state index >= 15 is 0 Å². The highest BCUT2D eigenvalue weighted by Crippen LogP contribution is 2.06. The highest BCUT2D eigenvalue weighted by molar-refractivity contribution is 5.94. The predicted molar refractivity (Wildman–Crippen MR) is 61.2 cm³/mol. The molecule has 0 aliphatic heterocycles. The minimum absolute atomic E-state index is 0.0660. The lowest BCUT2D eigenvalue weighted by molar-refractivity contribution is 0.0922. The van der Waals surface area contributed by atoms with Gasteiger partial charge >= 0.3 is 0 Å². The molecule has 0 aliphatic carbocycles. The van der Waals surface area contributed by atoms with E-state index in [1.807, 2.05) is 12.1 Å². The molecule has 0 saturated carbocycles. The zero-order chi connectivity index (χ0) is 12.0. The molecular formula is C12H17NO3. The molecule has 4 nitrogen and oxygen atoms in total. The van der Waals surface area contributed by atoms with E-state index in [1.54, 1.807) is 26.2 Å². The van der Waals surface area contributed by atoms with Crippen LogP contribution in [0.2, 0.25) is 0 Å². The SMILES string of the molecule is COCc1cccc(C(=O)N[C@H](C)CO)c1. The number of rotatable bonds is 5. The Labute approximate surface area is 95.2 Å². The van der Waals surface area contributed by atoms with Crippen molar-refractivity contribution in [1.29, 1.82) is 0 Å². The van der Waals surface area contributed by atoms with Gasteiger partial charge in [0, 0.05) is 18.7 Å². The molecule has 88 valence electrons. The summed E-state index contributed by atoms with van der Waals surface area (Å²) in [5.41, 5.74) is 1.53. The molecule has 16 heavy (non-hydrogen) atoms. The Morgan fingerprint density at radius 3 is 2.94 bits per heavy atom. The average molecular weight is 223 g/mol. The Balaban J connectivity index is 2.71. The van der Waals surface area contributed by atoms with Crippen molar-refractivity contribution < 1.29 is 14.6 Å². The average Bonchev–Trinajstić information content (AvgIpc) is 2.29. The number of carbonyl (C=O) groups excluding carboxylic acids is 1. The number of aliphatic hydroxyl groups is 1. The summed E-state index contributed by atoms with van der Waals surface area (Å²) in [6.45, 7) is 2.16. The van der Waals surface area contributed by atoms with Crippen LogP contribution >= 0.6 is 0 Å². The van der Waals surface area contributed by atoms with E-state index in [-0.39, 0.29) is 18.6 Å². The molecule has 0 radical (unpaired) electrons. The molecule has 1 aromatic carbocycles. The molecule has 4 heteroatoms.